The first kappa shape index (κ1) is 21.8. The van der Waals surface area contributed by atoms with Gasteiger partial charge in [-0.1, -0.05) is 30.3 Å². The number of imidazole rings is 1. The lowest BCUT2D eigenvalue weighted by atomic mass is 9.93. The van der Waals surface area contributed by atoms with Crippen molar-refractivity contribution >= 4 is 22.9 Å². The average molecular weight is 448 g/mol. The van der Waals surface area contributed by atoms with Crippen molar-refractivity contribution in [2.75, 3.05) is 37.6 Å². The van der Waals surface area contributed by atoms with Crippen molar-refractivity contribution in [1.82, 2.24) is 30.2 Å². The van der Waals surface area contributed by atoms with E-state index < -0.39 is 0 Å². The van der Waals surface area contributed by atoms with Crippen LogP contribution >= 0.6 is 0 Å². The van der Waals surface area contributed by atoms with Crippen molar-refractivity contribution in [3.63, 3.8) is 0 Å². The van der Waals surface area contributed by atoms with E-state index in [1.54, 1.807) is 12.7 Å². The summed E-state index contributed by atoms with van der Waals surface area (Å²) in [6, 6.07) is 10.7. The van der Waals surface area contributed by atoms with E-state index in [1.165, 1.54) is 18.4 Å². The lowest BCUT2D eigenvalue weighted by Crippen LogP contribution is -2.44. The fraction of sp³-hybridized carbons (Fsp3) is 0.520. The van der Waals surface area contributed by atoms with Gasteiger partial charge in [0.05, 0.1) is 12.2 Å². The number of anilines is 1. The number of nitrogens with zero attached hydrogens (tertiary/aromatic N) is 5. The summed E-state index contributed by atoms with van der Waals surface area (Å²) in [5, 5.41) is 3.22. The number of likely N-dealkylation sites (tertiary alicyclic amines) is 1. The number of fused-ring (bicyclic) bond motifs is 1. The molecule has 8 heteroatoms. The third-order valence-corrected chi connectivity index (χ3v) is 7.10. The van der Waals surface area contributed by atoms with Crippen molar-refractivity contribution in [2.45, 2.75) is 38.6 Å². The second-order valence-electron chi connectivity index (χ2n) is 9.37. The maximum atomic E-state index is 12.9. The number of H-pyrrole nitrogens is 1. The third-order valence-electron chi connectivity index (χ3n) is 7.10. The predicted octanol–water partition coefficient (Wildman–Crippen LogP) is 2.99. The summed E-state index contributed by atoms with van der Waals surface area (Å²) in [5.74, 6) is 1.72. The van der Waals surface area contributed by atoms with E-state index in [4.69, 9.17) is 0 Å². The number of aromatic amines is 1. The molecule has 5 rings (SSSR count). The molecule has 0 bridgehead atoms. The van der Waals surface area contributed by atoms with Gasteiger partial charge in [-0.2, -0.15) is 0 Å². The van der Waals surface area contributed by atoms with Crippen molar-refractivity contribution in [1.29, 1.82) is 0 Å². The molecule has 2 aromatic heterocycles. The molecule has 2 N–H and O–H groups in total. The van der Waals surface area contributed by atoms with Crippen LogP contribution in [0.4, 0.5) is 5.82 Å². The number of hydrogen-bond donors (Lipinski definition) is 2. The summed E-state index contributed by atoms with van der Waals surface area (Å²) in [4.78, 5) is 33.6. The molecule has 0 unspecified atom stereocenters. The Hall–Kier alpha value is -3.00. The van der Waals surface area contributed by atoms with Crippen LogP contribution in [0.25, 0.3) is 11.2 Å². The molecular weight excluding hydrogens is 414 g/mol. The lowest BCUT2D eigenvalue weighted by Gasteiger charge is -2.33. The first-order valence-electron chi connectivity index (χ1n) is 12.2. The molecule has 0 radical (unpaired) electrons. The number of piperidine rings is 2. The monoisotopic (exact) mass is 447 g/mol. The summed E-state index contributed by atoms with van der Waals surface area (Å²) < 4.78 is 0. The van der Waals surface area contributed by atoms with E-state index in [9.17, 15) is 4.79 Å². The second-order valence-corrected chi connectivity index (χ2v) is 9.37. The third kappa shape index (κ3) is 5.33. The van der Waals surface area contributed by atoms with Gasteiger partial charge in [0, 0.05) is 26.2 Å². The number of amides is 1. The van der Waals surface area contributed by atoms with Crippen LogP contribution in [0.2, 0.25) is 0 Å². The molecule has 0 saturated carbocycles. The number of rotatable bonds is 7. The zero-order chi connectivity index (χ0) is 22.5. The quantitative estimate of drug-likeness (QED) is 0.579. The largest absolute Gasteiger partial charge is 0.356 e. The second kappa shape index (κ2) is 10.3. The van der Waals surface area contributed by atoms with Crippen LogP contribution < -0.4 is 10.2 Å². The van der Waals surface area contributed by atoms with Gasteiger partial charge >= 0.3 is 0 Å². The molecule has 3 aromatic rings. The summed E-state index contributed by atoms with van der Waals surface area (Å²) >= 11 is 0. The van der Waals surface area contributed by atoms with Crippen molar-refractivity contribution in [3.8, 4) is 0 Å². The minimum absolute atomic E-state index is 0.000550. The van der Waals surface area contributed by atoms with Crippen LogP contribution in [0.1, 0.15) is 37.7 Å². The molecule has 2 aliphatic heterocycles. The smallest absolute Gasteiger partial charge is 0.224 e. The topological polar surface area (TPSA) is 90.0 Å². The molecule has 0 spiro atoms. The molecule has 1 amide bonds. The highest BCUT2D eigenvalue weighted by molar-refractivity contribution is 5.84. The Morgan fingerprint density at radius 2 is 1.91 bits per heavy atom. The molecule has 174 valence electrons. The summed E-state index contributed by atoms with van der Waals surface area (Å²) in [5.41, 5.74) is 2.90. The first-order chi connectivity index (χ1) is 16.3. The van der Waals surface area contributed by atoms with E-state index >= 15 is 0 Å². The van der Waals surface area contributed by atoms with Gasteiger partial charge in [-0.3, -0.25) is 9.69 Å². The van der Waals surface area contributed by atoms with E-state index in [1.807, 2.05) is 0 Å². The Bertz CT molecular complexity index is 1050. The number of benzene rings is 1. The molecule has 8 nitrogen and oxygen atoms in total. The SMILES string of the molecule is O=C(NCCC1CCN(Cc2ccccc2)CC1)[C@H]1CCCN(c2ncnc3nc[nH]c23)C1. The fourth-order valence-corrected chi connectivity index (χ4v) is 5.19. The van der Waals surface area contributed by atoms with Crippen molar-refractivity contribution in [2.24, 2.45) is 11.8 Å². The van der Waals surface area contributed by atoms with Gasteiger partial charge in [0.1, 0.15) is 11.8 Å². The van der Waals surface area contributed by atoms with Crippen LogP contribution in [0.3, 0.4) is 0 Å². The van der Waals surface area contributed by atoms with Gasteiger partial charge in [0.2, 0.25) is 5.91 Å². The molecule has 1 aromatic carbocycles. The van der Waals surface area contributed by atoms with Gasteiger partial charge in [-0.05, 0) is 56.7 Å². The van der Waals surface area contributed by atoms with Crippen LogP contribution in [-0.2, 0) is 11.3 Å². The van der Waals surface area contributed by atoms with Gasteiger partial charge in [0.25, 0.3) is 0 Å². The van der Waals surface area contributed by atoms with Gasteiger partial charge in [-0.15, -0.1) is 0 Å². The number of hydrogen-bond acceptors (Lipinski definition) is 6. The van der Waals surface area contributed by atoms with Gasteiger partial charge in [0.15, 0.2) is 11.5 Å². The average Bonchev–Trinajstić information content (AvgIpc) is 3.35. The van der Waals surface area contributed by atoms with E-state index in [2.05, 4.69) is 65.4 Å². The van der Waals surface area contributed by atoms with Crippen LogP contribution in [0.15, 0.2) is 43.0 Å². The maximum absolute atomic E-state index is 12.9. The Balaban J connectivity index is 1.05. The standard InChI is InChI=1S/C25H33N7O/c33-25(21-7-4-12-32(16-21)24-22-23(28-17-27-22)29-18-30-24)26-11-8-19-9-13-31(14-10-19)15-20-5-2-1-3-6-20/h1-3,5-6,17-19,21H,4,7-16H2,(H,26,33)(H,27,28,29,30)/t21-/m0/s1. The molecule has 0 aliphatic carbocycles. The first-order valence-corrected chi connectivity index (χ1v) is 12.2. The molecule has 2 saturated heterocycles. The number of aromatic nitrogens is 4. The number of carbonyl (C=O) groups is 1. The van der Waals surface area contributed by atoms with Crippen molar-refractivity contribution in [3.05, 3.63) is 48.5 Å². The Morgan fingerprint density at radius 3 is 2.76 bits per heavy atom. The predicted molar refractivity (Wildman–Crippen MR) is 129 cm³/mol. The molecule has 4 heterocycles. The summed E-state index contributed by atoms with van der Waals surface area (Å²) in [6.07, 6.45) is 8.61. The summed E-state index contributed by atoms with van der Waals surface area (Å²) in [7, 11) is 0. The zero-order valence-electron chi connectivity index (χ0n) is 19.1. The minimum atomic E-state index is -0.000550. The highest BCUT2D eigenvalue weighted by Crippen LogP contribution is 2.26. The number of nitrogens with one attached hydrogen (secondary N) is 2. The highest BCUT2D eigenvalue weighted by atomic mass is 16.1. The lowest BCUT2D eigenvalue weighted by molar-refractivity contribution is -0.125. The van der Waals surface area contributed by atoms with Gasteiger partial charge < -0.3 is 15.2 Å². The zero-order valence-corrected chi connectivity index (χ0v) is 19.1. The number of carbonyl (C=O) groups excluding carboxylic acids is 1. The van der Waals surface area contributed by atoms with Crippen molar-refractivity contribution < 1.29 is 4.79 Å². The molecule has 1 atom stereocenters. The Morgan fingerprint density at radius 1 is 1.06 bits per heavy atom. The maximum Gasteiger partial charge on any atom is 0.224 e. The minimum Gasteiger partial charge on any atom is -0.356 e. The van der Waals surface area contributed by atoms with Crippen LogP contribution in [-0.4, -0.2) is 63.5 Å². The van der Waals surface area contributed by atoms with Gasteiger partial charge in [-0.25, -0.2) is 15.0 Å². The van der Waals surface area contributed by atoms with E-state index in [-0.39, 0.29) is 11.8 Å². The Kier molecular flexibility index (Phi) is 6.81. The van der Waals surface area contributed by atoms with Crippen LogP contribution in [0, 0.1) is 11.8 Å². The normalized spacial score (nSPS) is 20.2. The molecule has 33 heavy (non-hydrogen) atoms. The van der Waals surface area contributed by atoms with E-state index in [0.717, 1.165) is 63.3 Å². The van der Waals surface area contributed by atoms with Crippen LogP contribution in [0.5, 0.6) is 0 Å². The van der Waals surface area contributed by atoms with E-state index in [0.29, 0.717) is 18.1 Å². The molecular formula is C25H33N7O. The highest BCUT2D eigenvalue weighted by Gasteiger charge is 2.28. The molecule has 2 fully saturated rings. The summed E-state index contributed by atoms with van der Waals surface area (Å²) in [6.45, 7) is 5.69. The Labute approximate surface area is 194 Å². The fourth-order valence-electron chi connectivity index (χ4n) is 5.19. The molecule has 2 aliphatic rings.